The van der Waals surface area contributed by atoms with E-state index in [-0.39, 0.29) is 18.0 Å². The second-order valence-corrected chi connectivity index (χ2v) is 8.78. The van der Waals surface area contributed by atoms with Crippen LogP contribution in [0.4, 0.5) is 4.79 Å². The van der Waals surface area contributed by atoms with Crippen LogP contribution in [0.5, 0.6) is 0 Å². The molecule has 1 aromatic carbocycles. The number of nitrogens with one attached hydrogen (secondary N) is 1. The first-order valence-electron chi connectivity index (χ1n) is 9.16. The number of hydrogen-bond donors (Lipinski definition) is 1. The average Bonchev–Trinajstić information content (AvgIpc) is 2.52. The van der Waals surface area contributed by atoms with Crippen molar-refractivity contribution in [3.05, 3.63) is 33.8 Å². The minimum absolute atomic E-state index is 0.00905. The minimum Gasteiger partial charge on any atom is -0.444 e. The van der Waals surface area contributed by atoms with Crippen LogP contribution in [0, 0.1) is 6.92 Å². The third-order valence-electron chi connectivity index (χ3n) is 4.27. The zero-order valence-electron chi connectivity index (χ0n) is 16.1. The summed E-state index contributed by atoms with van der Waals surface area (Å²) in [7, 11) is 0. The first-order chi connectivity index (χ1) is 12.1. The lowest BCUT2D eigenvalue weighted by atomic mass is 10.0. The Kier molecular flexibility index (Phi) is 7.09. The summed E-state index contributed by atoms with van der Waals surface area (Å²) < 4.78 is 6.47. The molecular formula is C20H29BrN2O3. The molecule has 1 atom stereocenters. The molecule has 1 unspecified atom stereocenters. The standard InChI is InChI=1S/C20H29BrN2O3/c1-14-7-8-15(17(21)12-14)9-10-18(24)22-16-6-5-11-23(13-16)19(25)26-20(2,3)4/h7-8,12,16H,5-6,9-11,13H2,1-4H3,(H,22,24). The Hall–Kier alpha value is -1.56. The van der Waals surface area contributed by atoms with Crippen LogP contribution in [0.3, 0.4) is 0 Å². The number of ether oxygens (including phenoxy) is 1. The summed E-state index contributed by atoms with van der Waals surface area (Å²) in [6.45, 7) is 8.80. The number of hydrogen-bond acceptors (Lipinski definition) is 3. The predicted molar refractivity (Wildman–Crippen MR) is 106 cm³/mol. The minimum atomic E-state index is -0.505. The van der Waals surface area contributed by atoms with Crippen molar-refractivity contribution >= 4 is 27.9 Å². The SMILES string of the molecule is Cc1ccc(CCC(=O)NC2CCCN(C(=O)OC(C)(C)C)C2)c(Br)c1. The van der Waals surface area contributed by atoms with Gasteiger partial charge in [-0.2, -0.15) is 0 Å². The van der Waals surface area contributed by atoms with Gasteiger partial charge in [-0.1, -0.05) is 28.1 Å². The number of amides is 2. The number of nitrogens with zero attached hydrogens (tertiary/aromatic N) is 1. The molecule has 1 N–H and O–H groups in total. The van der Waals surface area contributed by atoms with Gasteiger partial charge in [0.2, 0.25) is 5.91 Å². The van der Waals surface area contributed by atoms with E-state index in [2.05, 4.69) is 39.4 Å². The first kappa shape index (κ1) is 20.7. The topological polar surface area (TPSA) is 58.6 Å². The van der Waals surface area contributed by atoms with E-state index >= 15 is 0 Å². The van der Waals surface area contributed by atoms with E-state index in [1.807, 2.05) is 27.7 Å². The summed E-state index contributed by atoms with van der Waals surface area (Å²) in [5.74, 6) is 0.0218. The Labute approximate surface area is 164 Å². The zero-order chi connectivity index (χ0) is 19.3. The Morgan fingerprint density at radius 2 is 2.08 bits per heavy atom. The van der Waals surface area contributed by atoms with E-state index in [0.29, 0.717) is 25.9 Å². The van der Waals surface area contributed by atoms with Crippen molar-refractivity contribution < 1.29 is 14.3 Å². The van der Waals surface area contributed by atoms with Gasteiger partial charge in [0.05, 0.1) is 0 Å². The van der Waals surface area contributed by atoms with Gasteiger partial charge in [-0.25, -0.2) is 4.79 Å². The number of likely N-dealkylation sites (tertiary alicyclic amines) is 1. The molecule has 1 aliphatic heterocycles. The summed E-state index contributed by atoms with van der Waals surface area (Å²) in [5.41, 5.74) is 1.81. The Morgan fingerprint density at radius 3 is 2.73 bits per heavy atom. The third-order valence-corrected chi connectivity index (χ3v) is 5.01. The van der Waals surface area contributed by atoms with Crippen LogP contribution in [0.1, 0.15) is 51.2 Å². The van der Waals surface area contributed by atoms with Crippen molar-refractivity contribution in [2.45, 2.75) is 65.0 Å². The summed E-state index contributed by atoms with van der Waals surface area (Å²) in [4.78, 5) is 26.2. The van der Waals surface area contributed by atoms with Crippen molar-refractivity contribution in [1.29, 1.82) is 0 Å². The number of rotatable bonds is 4. The highest BCUT2D eigenvalue weighted by Gasteiger charge is 2.28. The molecule has 1 aromatic rings. The van der Waals surface area contributed by atoms with Crippen LogP contribution in [-0.4, -0.2) is 41.6 Å². The molecule has 0 bridgehead atoms. The lowest BCUT2D eigenvalue weighted by Gasteiger charge is -2.34. The van der Waals surface area contributed by atoms with Crippen LogP contribution < -0.4 is 5.32 Å². The molecule has 144 valence electrons. The lowest BCUT2D eigenvalue weighted by molar-refractivity contribution is -0.122. The molecule has 6 heteroatoms. The predicted octanol–water partition coefficient (Wildman–Crippen LogP) is 4.21. The normalized spacial score (nSPS) is 17.7. The molecule has 5 nitrogen and oxygen atoms in total. The Morgan fingerprint density at radius 1 is 1.35 bits per heavy atom. The highest BCUT2D eigenvalue weighted by molar-refractivity contribution is 9.10. The van der Waals surface area contributed by atoms with Crippen molar-refractivity contribution in [3.63, 3.8) is 0 Å². The maximum atomic E-state index is 12.3. The molecule has 1 fully saturated rings. The van der Waals surface area contributed by atoms with E-state index < -0.39 is 5.60 Å². The van der Waals surface area contributed by atoms with E-state index in [1.54, 1.807) is 4.90 Å². The smallest absolute Gasteiger partial charge is 0.410 e. The van der Waals surface area contributed by atoms with Gasteiger partial charge in [0.25, 0.3) is 0 Å². The molecule has 1 saturated heterocycles. The van der Waals surface area contributed by atoms with Gasteiger partial charge in [-0.05, 0) is 64.2 Å². The first-order valence-corrected chi connectivity index (χ1v) is 9.95. The number of carbonyl (C=O) groups is 2. The number of carbonyl (C=O) groups excluding carboxylic acids is 2. The van der Waals surface area contributed by atoms with E-state index in [0.717, 1.165) is 22.9 Å². The number of benzene rings is 1. The van der Waals surface area contributed by atoms with E-state index in [4.69, 9.17) is 4.74 Å². The van der Waals surface area contributed by atoms with Crippen molar-refractivity contribution in [1.82, 2.24) is 10.2 Å². The molecule has 0 aliphatic carbocycles. The van der Waals surface area contributed by atoms with Crippen molar-refractivity contribution in [3.8, 4) is 0 Å². The molecule has 0 aromatic heterocycles. The Balaban J connectivity index is 1.82. The summed E-state index contributed by atoms with van der Waals surface area (Å²) in [6, 6.07) is 6.16. The quantitative estimate of drug-likeness (QED) is 0.787. The van der Waals surface area contributed by atoms with Crippen LogP contribution in [0.15, 0.2) is 22.7 Å². The molecule has 0 radical (unpaired) electrons. The molecule has 1 heterocycles. The van der Waals surface area contributed by atoms with E-state index in [9.17, 15) is 9.59 Å². The van der Waals surface area contributed by atoms with Crippen LogP contribution in [-0.2, 0) is 16.0 Å². The fourth-order valence-electron chi connectivity index (χ4n) is 2.99. The molecule has 0 spiro atoms. The van der Waals surface area contributed by atoms with Gasteiger partial charge in [-0.3, -0.25) is 4.79 Å². The largest absolute Gasteiger partial charge is 0.444 e. The second-order valence-electron chi connectivity index (χ2n) is 7.93. The second kappa shape index (κ2) is 8.89. The summed E-state index contributed by atoms with van der Waals surface area (Å²) in [6.07, 6.45) is 2.58. The van der Waals surface area contributed by atoms with Crippen molar-refractivity contribution in [2.75, 3.05) is 13.1 Å². The van der Waals surface area contributed by atoms with Gasteiger partial charge in [0.15, 0.2) is 0 Å². The molecule has 26 heavy (non-hydrogen) atoms. The Bertz CT molecular complexity index is 655. The molecular weight excluding hydrogens is 396 g/mol. The number of piperidine rings is 1. The molecule has 1 aliphatic rings. The average molecular weight is 425 g/mol. The highest BCUT2D eigenvalue weighted by atomic mass is 79.9. The molecule has 0 saturated carbocycles. The third kappa shape index (κ3) is 6.63. The molecule has 2 amide bonds. The van der Waals surface area contributed by atoms with Gasteiger partial charge < -0.3 is 15.0 Å². The summed E-state index contributed by atoms with van der Waals surface area (Å²) in [5, 5.41) is 3.06. The maximum absolute atomic E-state index is 12.3. The van der Waals surface area contributed by atoms with Gasteiger partial charge in [0.1, 0.15) is 5.60 Å². The van der Waals surface area contributed by atoms with Gasteiger partial charge in [0, 0.05) is 30.0 Å². The van der Waals surface area contributed by atoms with Crippen molar-refractivity contribution in [2.24, 2.45) is 0 Å². The zero-order valence-corrected chi connectivity index (χ0v) is 17.7. The van der Waals surface area contributed by atoms with Crippen LogP contribution >= 0.6 is 15.9 Å². The highest BCUT2D eigenvalue weighted by Crippen LogP contribution is 2.20. The van der Waals surface area contributed by atoms with E-state index in [1.165, 1.54) is 5.56 Å². The number of aryl methyl sites for hydroxylation is 2. The fraction of sp³-hybridized carbons (Fsp3) is 0.600. The van der Waals surface area contributed by atoms with Gasteiger partial charge >= 0.3 is 6.09 Å². The molecule has 2 rings (SSSR count). The van der Waals surface area contributed by atoms with Crippen LogP contribution in [0.25, 0.3) is 0 Å². The maximum Gasteiger partial charge on any atom is 0.410 e. The summed E-state index contributed by atoms with van der Waals surface area (Å²) >= 11 is 3.55. The monoisotopic (exact) mass is 424 g/mol. The lowest BCUT2D eigenvalue weighted by Crippen LogP contribution is -2.50. The van der Waals surface area contributed by atoms with Gasteiger partial charge in [-0.15, -0.1) is 0 Å². The van der Waals surface area contributed by atoms with Crippen LogP contribution in [0.2, 0.25) is 0 Å². The number of halogens is 1. The fourth-order valence-corrected chi connectivity index (χ4v) is 3.68.